The maximum atomic E-state index is 12.1. The predicted octanol–water partition coefficient (Wildman–Crippen LogP) is 4.78. The van der Waals surface area contributed by atoms with Crippen molar-refractivity contribution in [2.75, 3.05) is 24.9 Å². The van der Waals surface area contributed by atoms with Crippen molar-refractivity contribution >= 4 is 28.2 Å². The molecule has 2 N–H and O–H groups in total. The third-order valence-corrected chi connectivity index (χ3v) is 4.47. The number of thiazole rings is 1. The topological polar surface area (TPSA) is 72.5 Å². The number of nitrogens with zero attached hydrogens (tertiary/aromatic N) is 1. The molecule has 1 aromatic heterocycles. The summed E-state index contributed by atoms with van der Waals surface area (Å²) in [4.78, 5) is 16.6. The first-order valence-corrected chi connectivity index (χ1v) is 8.79. The smallest absolute Gasteiger partial charge is 0.325 e. The number of aromatic nitrogens is 1. The molecule has 0 radical (unpaired) electrons. The average Bonchev–Trinajstić information content (AvgIpc) is 3.11. The van der Waals surface area contributed by atoms with Crippen LogP contribution in [0.25, 0.3) is 11.3 Å². The first kappa shape index (κ1) is 17.8. The summed E-state index contributed by atoms with van der Waals surface area (Å²) in [6, 6.07) is 12.7. The second-order valence-electron chi connectivity index (χ2n) is 5.55. The van der Waals surface area contributed by atoms with Crippen molar-refractivity contribution in [1.82, 2.24) is 4.98 Å². The highest BCUT2D eigenvalue weighted by atomic mass is 32.1. The lowest BCUT2D eigenvalue weighted by molar-refractivity contribution is 0.262. The highest BCUT2D eigenvalue weighted by Crippen LogP contribution is 2.35. The minimum absolute atomic E-state index is 0.340. The van der Waals surface area contributed by atoms with Crippen LogP contribution in [0.5, 0.6) is 11.5 Å². The molecule has 26 heavy (non-hydrogen) atoms. The largest absolute Gasteiger partial charge is 0.497 e. The molecule has 0 aliphatic heterocycles. The molecule has 2 amide bonds. The Labute approximate surface area is 155 Å². The molecule has 0 spiro atoms. The van der Waals surface area contributed by atoms with E-state index in [-0.39, 0.29) is 6.03 Å². The molecule has 3 aromatic rings. The molecule has 1 heterocycles. The van der Waals surface area contributed by atoms with Gasteiger partial charge < -0.3 is 14.8 Å². The molecule has 0 aliphatic carbocycles. The van der Waals surface area contributed by atoms with Gasteiger partial charge in [0, 0.05) is 16.6 Å². The zero-order valence-corrected chi connectivity index (χ0v) is 15.5. The van der Waals surface area contributed by atoms with Crippen molar-refractivity contribution in [2.24, 2.45) is 0 Å². The quantitative estimate of drug-likeness (QED) is 0.679. The first-order valence-electron chi connectivity index (χ1n) is 7.91. The summed E-state index contributed by atoms with van der Waals surface area (Å²) < 4.78 is 10.6. The minimum Gasteiger partial charge on any atom is -0.497 e. The van der Waals surface area contributed by atoms with Gasteiger partial charge in [-0.05, 0) is 37.3 Å². The van der Waals surface area contributed by atoms with Crippen molar-refractivity contribution in [3.63, 3.8) is 0 Å². The highest BCUT2D eigenvalue weighted by Gasteiger charge is 2.13. The molecule has 134 valence electrons. The van der Waals surface area contributed by atoms with Gasteiger partial charge in [-0.3, -0.25) is 5.32 Å². The van der Waals surface area contributed by atoms with E-state index < -0.39 is 0 Å². The van der Waals surface area contributed by atoms with E-state index in [4.69, 9.17) is 9.47 Å². The summed E-state index contributed by atoms with van der Waals surface area (Å²) in [6.07, 6.45) is 0. The van der Waals surface area contributed by atoms with Crippen LogP contribution in [-0.4, -0.2) is 25.2 Å². The normalized spacial score (nSPS) is 10.3. The predicted molar refractivity (Wildman–Crippen MR) is 104 cm³/mol. The van der Waals surface area contributed by atoms with E-state index in [0.717, 1.165) is 16.8 Å². The van der Waals surface area contributed by atoms with Gasteiger partial charge in [0.25, 0.3) is 0 Å². The van der Waals surface area contributed by atoms with Gasteiger partial charge in [0.1, 0.15) is 11.5 Å². The van der Waals surface area contributed by atoms with Crippen LogP contribution in [0.4, 0.5) is 15.6 Å². The Morgan fingerprint density at radius 3 is 2.50 bits per heavy atom. The van der Waals surface area contributed by atoms with E-state index in [2.05, 4.69) is 15.6 Å². The lowest BCUT2D eigenvalue weighted by atomic mass is 10.1. The monoisotopic (exact) mass is 369 g/mol. The number of aryl methyl sites for hydroxylation is 1. The van der Waals surface area contributed by atoms with E-state index in [9.17, 15) is 4.79 Å². The zero-order chi connectivity index (χ0) is 18.5. The van der Waals surface area contributed by atoms with Crippen molar-refractivity contribution in [1.29, 1.82) is 0 Å². The maximum absolute atomic E-state index is 12.1. The van der Waals surface area contributed by atoms with Crippen LogP contribution in [0, 0.1) is 6.92 Å². The molecule has 0 saturated heterocycles. The van der Waals surface area contributed by atoms with Crippen LogP contribution in [0.15, 0.2) is 47.8 Å². The van der Waals surface area contributed by atoms with Crippen LogP contribution >= 0.6 is 11.3 Å². The summed E-state index contributed by atoms with van der Waals surface area (Å²) in [5, 5.41) is 7.88. The highest BCUT2D eigenvalue weighted by molar-refractivity contribution is 7.14. The molecule has 0 bridgehead atoms. The number of carbonyl (C=O) groups is 1. The lowest BCUT2D eigenvalue weighted by Crippen LogP contribution is -2.19. The van der Waals surface area contributed by atoms with E-state index in [1.807, 2.05) is 54.8 Å². The number of methoxy groups -OCH3 is 2. The van der Waals surface area contributed by atoms with Gasteiger partial charge in [0.05, 0.1) is 19.9 Å². The summed E-state index contributed by atoms with van der Waals surface area (Å²) in [5.74, 6) is 1.40. The molecule has 2 aromatic carbocycles. The van der Waals surface area contributed by atoms with E-state index >= 15 is 0 Å². The number of anilines is 2. The molecule has 7 heteroatoms. The Bertz CT molecular complexity index is 907. The maximum Gasteiger partial charge on any atom is 0.325 e. The van der Waals surface area contributed by atoms with E-state index in [1.54, 1.807) is 14.2 Å². The minimum atomic E-state index is -0.340. The summed E-state index contributed by atoms with van der Waals surface area (Å²) in [6.45, 7) is 1.99. The van der Waals surface area contributed by atoms with Crippen LogP contribution in [0.3, 0.4) is 0 Å². The second kappa shape index (κ2) is 7.88. The Balaban J connectivity index is 1.73. The number of rotatable bonds is 5. The fraction of sp³-hybridized carbons (Fsp3) is 0.158. The van der Waals surface area contributed by atoms with Crippen molar-refractivity contribution < 1.29 is 14.3 Å². The Morgan fingerprint density at radius 1 is 1.04 bits per heavy atom. The lowest BCUT2D eigenvalue weighted by Gasteiger charge is -2.08. The van der Waals surface area contributed by atoms with E-state index in [0.29, 0.717) is 22.3 Å². The van der Waals surface area contributed by atoms with Gasteiger partial charge in [-0.2, -0.15) is 0 Å². The second-order valence-corrected chi connectivity index (χ2v) is 6.41. The van der Waals surface area contributed by atoms with Crippen molar-refractivity contribution in [2.45, 2.75) is 6.92 Å². The SMILES string of the molecule is COc1ccc(OC)c(-c2csc(NC(=O)Nc3ccc(C)cc3)n2)c1. The van der Waals surface area contributed by atoms with Gasteiger partial charge in [-0.25, -0.2) is 9.78 Å². The van der Waals surface area contributed by atoms with Gasteiger partial charge >= 0.3 is 6.03 Å². The van der Waals surface area contributed by atoms with Gasteiger partial charge in [0.15, 0.2) is 5.13 Å². The number of benzene rings is 2. The number of nitrogens with one attached hydrogen (secondary N) is 2. The number of urea groups is 1. The van der Waals surface area contributed by atoms with Crippen LogP contribution in [0.2, 0.25) is 0 Å². The average molecular weight is 369 g/mol. The van der Waals surface area contributed by atoms with Gasteiger partial charge in [-0.1, -0.05) is 17.7 Å². The molecular formula is C19H19N3O3S. The summed E-state index contributed by atoms with van der Waals surface area (Å²) >= 11 is 1.34. The molecule has 0 aliphatic rings. The third kappa shape index (κ3) is 4.12. The first-order chi connectivity index (χ1) is 12.6. The van der Waals surface area contributed by atoms with Crippen LogP contribution in [0.1, 0.15) is 5.56 Å². The van der Waals surface area contributed by atoms with Gasteiger partial charge in [-0.15, -0.1) is 11.3 Å². The summed E-state index contributed by atoms with van der Waals surface area (Å²) in [5.41, 5.74) is 3.36. The summed E-state index contributed by atoms with van der Waals surface area (Å²) in [7, 11) is 3.21. The zero-order valence-electron chi connectivity index (χ0n) is 14.7. The fourth-order valence-electron chi connectivity index (χ4n) is 2.37. The Hall–Kier alpha value is -3.06. The molecule has 0 saturated carbocycles. The Morgan fingerprint density at radius 2 is 1.81 bits per heavy atom. The van der Waals surface area contributed by atoms with Crippen molar-refractivity contribution in [3.8, 4) is 22.8 Å². The molecular weight excluding hydrogens is 350 g/mol. The number of hydrogen-bond acceptors (Lipinski definition) is 5. The third-order valence-electron chi connectivity index (χ3n) is 3.72. The fourth-order valence-corrected chi connectivity index (χ4v) is 3.07. The number of hydrogen-bond donors (Lipinski definition) is 2. The molecule has 0 fully saturated rings. The number of carbonyl (C=O) groups excluding carboxylic acids is 1. The standard InChI is InChI=1S/C19H19N3O3S/c1-12-4-6-13(7-5-12)20-18(23)22-19-21-16(11-26-19)15-10-14(24-2)8-9-17(15)25-3/h4-11H,1-3H3,(H2,20,21,22,23). The molecule has 3 rings (SSSR count). The number of ether oxygens (including phenoxy) is 2. The number of amides is 2. The molecule has 0 atom stereocenters. The Kier molecular flexibility index (Phi) is 5.38. The van der Waals surface area contributed by atoms with E-state index in [1.165, 1.54) is 11.3 Å². The molecule has 0 unspecified atom stereocenters. The molecule has 6 nitrogen and oxygen atoms in total. The van der Waals surface area contributed by atoms with Crippen molar-refractivity contribution in [3.05, 3.63) is 53.4 Å². The van der Waals surface area contributed by atoms with Gasteiger partial charge in [0.2, 0.25) is 0 Å². The van der Waals surface area contributed by atoms with Crippen LogP contribution < -0.4 is 20.1 Å². The van der Waals surface area contributed by atoms with Crippen LogP contribution in [-0.2, 0) is 0 Å².